The second-order valence-electron chi connectivity index (χ2n) is 5.78. The third-order valence-electron chi connectivity index (χ3n) is 4.11. The Bertz CT molecular complexity index is 541. The molecule has 1 saturated heterocycles. The minimum atomic E-state index is -0.153. The van der Waals surface area contributed by atoms with Crippen molar-refractivity contribution in [3.63, 3.8) is 0 Å². The summed E-state index contributed by atoms with van der Waals surface area (Å²) in [7, 11) is 0. The van der Waals surface area contributed by atoms with Crippen LogP contribution in [-0.2, 0) is 16.0 Å². The van der Waals surface area contributed by atoms with E-state index in [0.717, 1.165) is 18.4 Å². The fraction of sp³-hybridized carbons (Fsp3) is 0.667. The lowest BCUT2D eigenvalue weighted by atomic mass is 9.96. The second kappa shape index (κ2) is 8.31. The zero-order valence-electron chi connectivity index (χ0n) is 13.3. The van der Waals surface area contributed by atoms with Crippen molar-refractivity contribution in [1.82, 2.24) is 15.4 Å². The Hall–Kier alpha value is -1.60. The number of amides is 2. The van der Waals surface area contributed by atoms with Crippen LogP contribution in [0.25, 0.3) is 0 Å². The van der Waals surface area contributed by atoms with Gasteiger partial charge in [-0.2, -0.15) is 0 Å². The molecule has 3 N–H and O–H groups in total. The molecule has 0 saturated carbocycles. The molecule has 0 bridgehead atoms. The van der Waals surface area contributed by atoms with Crippen molar-refractivity contribution in [3.8, 4) is 0 Å². The minimum absolute atomic E-state index is 0.0223. The van der Waals surface area contributed by atoms with Crippen molar-refractivity contribution in [2.75, 3.05) is 26.2 Å². The molecule has 1 fully saturated rings. The summed E-state index contributed by atoms with van der Waals surface area (Å²) in [6.07, 6.45) is 2.46. The highest BCUT2D eigenvalue weighted by atomic mass is 35.5. The third kappa shape index (κ3) is 4.68. The zero-order chi connectivity index (χ0) is 16.8. The summed E-state index contributed by atoms with van der Waals surface area (Å²) in [6.45, 7) is 3.84. The van der Waals surface area contributed by atoms with Crippen LogP contribution in [0.4, 0.5) is 0 Å². The van der Waals surface area contributed by atoms with Crippen molar-refractivity contribution in [1.29, 1.82) is 0 Å². The summed E-state index contributed by atoms with van der Waals surface area (Å²) in [5, 5.41) is 6.81. The maximum absolute atomic E-state index is 12.4. The first kappa shape index (κ1) is 17.7. The van der Waals surface area contributed by atoms with E-state index in [2.05, 4.69) is 10.5 Å². The molecule has 0 spiro atoms. The molecule has 8 heteroatoms. The first-order chi connectivity index (χ1) is 11.0. The third-order valence-corrected chi connectivity index (χ3v) is 4.41. The number of carbonyl (C=O) groups is 2. The SMILES string of the molecule is Cc1noc(Cl)c1CCC(=O)N1CCCC(C(=O)NCCN)C1. The van der Waals surface area contributed by atoms with Crippen molar-refractivity contribution in [3.05, 3.63) is 16.5 Å². The summed E-state index contributed by atoms with van der Waals surface area (Å²) in [5.41, 5.74) is 6.87. The Morgan fingerprint density at radius 2 is 2.30 bits per heavy atom. The van der Waals surface area contributed by atoms with E-state index < -0.39 is 0 Å². The van der Waals surface area contributed by atoms with Crippen LogP contribution in [0.3, 0.4) is 0 Å². The van der Waals surface area contributed by atoms with Gasteiger partial charge in [0.1, 0.15) is 0 Å². The maximum Gasteiger partial charge on any atom is 0.229 e. The van der Waals surface area contributed by atoms with Crippen molar-refractivity contribution >= 4 is 23.4 Å². The smallest absolute Gasteiger partial charge is 0.229 e. The van der Waals surface area contributed by atoms with Gasteiger partial charge in [0, 0.05) is 38.2 Å². The number of likely N-dealkylation sites (tertiary alicyclic amines) is 1. The average molecular weight is 343 g/mol. The molecule has 23 heavy (non-hydrogen) atoms. The molecule has 1 aliphatic rings. The van der Waals surface area contributed by atoms with Gasteiger partial charge in [-0.05, 0) is 37.8 Å². The van der Waals surface area contributed by atoms with Gasteiger partial charge >= 0.3 is 0 Å². The highest BCUT2D eigenvalue weighted by molar-refractivity contribution is 6.29. The molecule has 1 aromatic rings. The van der Waals surface area contributed by atoms with E-state index in [1.54, 1.807) is 11.8 Å². The molecule has 128 valence electrons. The van der Waals surface area contributed by atoms with Crippen LogP contribution in [0.2, 0.25) is 5.22 Å². The molecule has 2 rings (SSSR count). The molecule has 2 heterocycles. The molecule has 1 aromatic heterocycles. The van der Waals surface area contributed by atoms with Crippen molar-refractivity contribution < 1.29 is 14.1 Å². The molecule has 7 nitrogen and oxygen atoms in total. The van der Waals surface area contributed by atoms with E-state index in [1.165, 1.54) is 0 Å². The molecule has 0 aliphatic carbocycles. The van der Waals surface area contributed by atoms with Crippen LogP contribution >= 0.6 is 11.6 Å². The lowest BCUT2D eigenvalue weighted by Crippen LogP contribution is -2.46. The predicted molar refractivity (Wildman–Crippen MR) is 85.9 cm³/mol. The summed E-state index contributed by atoms with van der Waals surface area (Å²) in [6, 6.07) is 0. The fourth-order valence-electron chi connectivity index (χ4n) is 2.79. The van der Waals surface area contributed by atoms with E-state index in [4.69, 9.17) is 21.9 Å². The van der Waals surface area contributed by atoms with Crippen LogP contribution in [0.1, 0.15) is 30.5 Å². The fourth-order valence-corrected chi connectivity index (χ4v) is 3.05. The van der Waals surface area contributed by atoms with E-state index >= 15 is 0 Å². The zero-order valence-corrected chi connectivity index (χ0v) is 14.1. The van der Waals surface area contributed by atoms with Gasteiger partial charge in [-0.15, -0.1) is 0 Å². The number of nitrogens with zero attached hydrogens (tertiary/aromatic N) is 2. The van der Waals surface area contributed by atoms with Gasteiger partial charge in [-0.1, -0.05) is 5.16 Å². The number of piperidine rings is 1. The first-order valence-electron chi connectivity index (χ1n) is 7.89. The summed E-state index contributed by atoms with van der Waals surface area (Å²) < 4.78 is 4.89. The van der Waals surface area contributed by atoms with Crippen LogP contribution < -0.4 is 11.1 Å². The number of hydrogen-bond donors (Lipinski definition) is 2. The van der Waals surface area contributed by atoms with Crippen LogP contribution in [0.15, 0.2) is 4.52 Å². The Balaban J connectivity index is 1.85. The number of hydrogen-bond acceptors (Lipinski definition) is 5. The summed E-state index contributed by atoms with van der Waals surface area (Å²) in [4.78, 5) is 26.2. The quantitative estimate of drug-likeness (QED) is 0.799. The number of nitrogens with two attached hydrogens (primary N) is 1. The molecular formula is C15H23ClN4O3. The number of nitrogens with one attached hydrogen (secondary N) is 1. The standard InChI is InChI=1S/C15H23ClN4O3/c1-10-12(14(16)23-19-10)4-5-13(21)20-8-2-3-11(9-20)15(22)18-7-6-17/h11H,2-9,17H2,1H3,(H,18,22). The van der Waals surface area contributed by atoms with Gasteiger partial charge in [0.05, 0.1) is 11.6 Å². The van der Waals surface area contributed by atoms with Crippen molar-refractivity contribution in [2.24, 2.45) is 11.7 Å². The monoisotopic (exact) mass is 342 g/mol. The predicted octanol–water partition coefficient (Wildman–Crippen LogP) is 0.883. The topological polar surface area (TPSA) is 101 Å². The van der Waals surface area contributed by atoms with Gasteiger partial charge in [-0.3, -0.25) is 9.59 Å². The van der Waals surface area contributed by atoms with Gasteiger partial charge < -0.3 is 20.5 Å². The van der Waals surface area contributed by atoms with E-state index in [-0.39, 0.29) is 23.0 Å². The second-order valence-corrected chi connectivity index (χ2v) is 6.12. The number of aromatic nitrogens is 1. The highest BCUT2D eigenvalue weighted by Crippen LogP contribution is 2.22. The Morgan fingerprint density at radius 1 is 1.52 bits per heavy atom. The number of rotatable bonds is 6. The van der Waals surface area contributed by atoms with Gasteiger partial charge in [0.2, 0.25) is 17.0 Å². The largest absolute Gasteiger partial charge is 0.355 e. The van der Waals surface area contributed by atoms with E-state index in [9.17, 15) is 9.59 Å². The molecule has 0 aromatic carbocycles. The van der Waals surface area contributed by atoms with Crippen molar-refractivity contribution in [2.45, 2.75) is 32.6 Å². The van der Waals surface area contributed by atoms with Crippen LogP contribution in [0, 0.1) is 12.8 Å². The molecule has 1 atom stereocenters. The average Bonchev–Trinajstić information content (AvgIpc) is 2.88. The Morgan fingerprint density at radius 3 is 2.96 bits per heavy atom. The number of halogens is 1. The minimum Gasteiger partial charge on any atom is -0.355 e. The highest BCUT2D eigenvalue weighted by Gasteiger charge is 2.28. The van der Waals surface area contributed by atoms with Crippen LogP contribution in [-0.4, -0.2) is 48.0 Å². The maximum atomic E-state index is 12.4. The number of aryl methyl sites for hydroxylation is 1. The first-order valence-corrected chi connectivity index (χ1v) is 8.27. The van der Waals surface area contributed by atoms with Gasteiger partial charge in [0.25, 0.3) is 0 Å². The number of carbonyl (C=O) groups excluding carboxylic acids is 2. The molecule has 1 unspecified atom stereocenters. The molecule has 1 aliphatic heterocycles. The molecule has 0 radical (unpaired) electrons. The lowest BCUT2D eigenvalue weighted by Gasteiger charge is -2.32. The lowest BCUT2D eigenvalue weighted by molar-refractivity contribution is -0.135. The van der Waals surface area contributed by atoms with E-state index in [0.29, 0.717) is 44.7 Å². The molecule has 2 amide bonds. The summed E-state index contributed by atoms with van der Waals surface area (Å²) >= 11 is 5.91. The van der Waals surface area contributed by atoms with Gasteiger partial charge in [-0.25, -0.2) is 0 Å². The van der Waals surface area contributed by atoms with Gasteiger partial charge in [0.15, 0.2) is 0 Å². The molecular weight excluding hydrogens is 320 g/mol. The van der Waals surface area contributed by atoms with E-state index in [1.807, 2.05) is 0 Å². The Kier molecular flexibility index (Phi) is 6.41. The van der Waals surface area contributed by atoms with Crippen LogP contribution in [0.5, 0.6) is 0 Å². The normalized spacial score (nSPS) is 18.0. The summed E-state index contributed by atoms with van der Waals surface area (Å²) in [5.74, 6) is -0.149. The Labute approximate surface area is 140 Å².